The van der Waals surface area contributed by atoms with Crippen LogP contribution in [0.1, 0.15) is 12.5 Å². The Morgan fingerprint density at radius 1 is 1.14 bits per heavy atom. The first kappa shape index (κ1) is 9.07. The third-order valence-electron chi connectivity index (χ3n) is 2.55. The minimum absolute atomic E-state index is 1.00. The Bertz CT molecular complexity index is 373. The predicted molar refractivity (Wildman–Crippen MR) is 60.8 cm³/mol. The van der Waals surface area contributed by atoms with Crippen molar-refractivity contribution in [1.29, 1.82) is 0 Å². The van der Waals surface area contributed by atoms with Crippen molar-refractivity contribution >= 4 is 5.70 Å². The van der Waals surface area contributed by atoms with Crippen molar-refractivity contribution in [2.45, 2.75) is 6.92 Å². The Balaban J connectivity index is 2.46. The monoisotopic (exact) mass is 185 g/mol. The summed E-state index contributed by atoms with van der Waals surface area (Å²) in [7, 11) is 2.13. The van der Waals surface area contributed by atoms with Crippen LogP contribution in [0, 0.1) is 0 Å². The number of benzene rings is 1. The van der Waals surface area contributed by atoms with Gasteiger partial charge >= 0.3 is 0 Å². The summed E-state index contributed by atoms with van der Waals surface area (Å²) in [4.78, 5) is 2.28. The van der Waals surface area contributed by atoms with Crippen LogP contribution in [0.2, 0.25) is 0 Å². The number of rotatable bonds is 1. The summed E-state index contributed by atoms with van der Waals surface area (Å²) in [6.07, 6.45) is 4.39. The van der Waals surface area contributed by atoms with Gasteiger partial charge in [-0.05, 0) is 18.1 Å². The van der Waals surface area contributed by atoms with Crippen LogP contribution in [0.5, 0.6) is 0 Å². The number of allylic oxidation sites excluding steroid dienone is 2. The molecule has 1 nitrogen and oxygen atoms in total. The van der Waals surface area contributed by atoms with E-state index < -0.39 is 0 Å². The van der Waals surface area contributed by atoms with E-state index in [0.29, 0.717) is 0 Å². The van der Waals surface area contributed by atoms with E-state index in [1.54, 1.807) is 0 Å². The zero-order chi connectivity index (χ0) is 9.97. The van der Waals surface area contributed by atoms with Crippen molar-refractivity contribution in [2.24, 2.45) is 0 Å². The number of likely N-dealkylation sites (N-methyl/N-ethyl adjacent to an activating group) is 1. The van der Waals surface area contributed by atoms with Gasteiger partial charge in [-0.1, -0.05) is 42.5 Å². The van der Waals surface area contributed by atoms with Gasteiger partial charge in [0.2, 0.25) is 0 Å². The smallest absolute Gasteiger partial charge is 0.0469 e. The molecule has 0 bridgehead atoms. The van der Waals surface area contributed by atoms with Crippen LogP contribution >= 0.6 is 0 Å². The molecule has 0 fully saturated rings. The van der Waals surface area contributed by atoms with E-state index in [1.807, 2.05) is 0 Å². The van der Waals surface area contributed by atoms with Gasteiger partial charge in [-0.25, -0.2) is 0 Å². The third-order valence-corrected chi connectivity index (χ3v) is 2.55. The van der Waals surface area contributed by atoms with Gasteiger partial charge < -0.3 is 4.90 Å². The molecule has 0 aromatic heterocycles. The zero-order valence-electron chi connectivity index (χ0n) is 8.70. The minimum Gasteiger partial charge on any atom is -0.370 e. The van der Waals surface area contributed by atoms with Gasteiger partial charge in [0.1, 0.15) is 0 Å². The second-order valence-electron chi connectivity index (χ2n) is 3.68. The highest BCUT2D eigenvalue weighted by Gasteiger charge is 2.11. The van der Waals surface area contributed by atoms with Crippen LogP contribution in [-0.2, 0) is 0 Å². The second kappa shape index (κ2) is 3.70. The van der Waals surface area contributed by atoms with Crippen LogP contribution in [0.3, 0.4) is 0 Å². The van der Waals surface area contributed by atoms with Gasteiger partial charge in [0, 0.05) is 19.3 Å². The average Bonchev–Trinajstić information content (AvgIpc) is 2.19. The normalized spacial score (nSPS) is 16.3. The zero-order valence-corrected chi connectivity index (χ0v) is 8.70. The maximum Gasteiger partial charge on any atom is 0.0469 e. The van der Waals surface area contributed by atoms with Gasteiger partial charge in [0.05, 0.1) is 0 Å². The Hall–Kier alpha value is -1.50. The summed E-state index contributed by atoms with van der Waals surface area (Å²) in [5, 5.41) is 0. The fourth-order valence-electron chi connectivity index (χ4n) is 1.90. The Kier molecular flexibility index (Phi) is 2.40. The van der Waals surface area contributed by atoms with E-state index in [-0.39, 0.29) is 0 Å². The SMILES string of the molecule is CC1=C(c2ccccc2)N(C)CC=C1. The van der Waals surface area contributed by atoms with Gasteiger partial charge in [0.25, 0.3) is 0 Å². The summed E-state index contributed by atoms with van der Waals surface area (Å²) in [5.74, 6) is 0. The first-order valence-electron chi connectivity index (χ1n) is 4.93. The molecule has 1 heteroatoms. The maximum atomic E-state index is 2.28. The van der Waals surface area contributed by atoms with Crippen LogP contribution in [0.15, 0.2) is 48.1 Å². The van der Waals surface area contributed by atoms with Crippen LogP contribution < -0.4 is 0 Å². The lowest BCUT2D eigenvalue weighted by atomic mass is 10.0. The molecule has 1 aliphatic heterocycles. The summed E-state index contributed by atoms with van der Waals surface area (Å²) in [6, 6.07) is 10.5. The van der Waals surface area contributed by atoms with Crippen molar-refractivity contribution in [2.75, 3.05) is 13.6 Å². The standard InChI is InChI=1S/C13H15N/c1-11-7-6-10-14(2)13(11)12-8-4-3-5-9-12/h3-9H,10H2,1-2H3. The topological polar surface area (TPSA) is 3.24 Å². The van der Waals surface area contributed by atoms with Crippen molar-refractivity contribution in [3.05, 3.63) is 53.6 Å². The van der Waals surface area contributed by atoms with Crippen molar-refractivity contribution in [3.63, 3.8) is 0 Å². The lowest BCUT2D eigenvalue weighted by Crippen LogP contribution is -2.20. The molecule has 0 radical (unpaired) electrons. The molecule has 1 aliphatic rings. The summed E-state index contributed by atoms with van der Waals surface area (Å²) >= 11 is 0. The van der Waals surface area contributed by atoms with Crippen molar-refractivity contribution in [3.8, 4) is 0 Å². The van der Waals surface area contributed by atoms with E-state index in [1.165, 1.54) is 16.8 Å². The molecule has 0 spiro atoms. The van der Waals surface area contributed by atoms with Gasteiger partial charge in [-0.3, -0.25) is 0 Å². The molecule has 0 saturated carbocycles. The Labute approximate surface area is 85.4 Å². The molecule has 0 saturated heterocycles. The highest BCUT2D eigenvalue weighted by Crippen LogP contribution is 2.24. The van der Waals surface area contributed by atoms with E-state index >= 15 is 0 Å². The number of hydrogen-bond acceptors (Lipinski definition) is 1. The molecule has 1 heterocycles. The molecular weight excluding hydrogens is 170 g/mol. The van der Waals surface area contributed by atoms with E-state index in [0.717, 1.165) is 6.54 Å². The second-order valence-corrected chi connectivity index (χ2v) is 3.68. The average molecular weight is 185 g/mol. The minimum atomic E-state index is 1.00. The molecule has 72 valence electrons. The fraction of sp³-hybridized carbons (Fsp3) is 0.231. The lowest BCUT2D eigenvalue weighted by molar-refractivity contribution is 0.527. The molecule has 0 unspecified atom stereocenters. The molecule has 0 amide bonds. The first-order chi connectivity index (χ1) is 6.79. The summed E-state index contributed by atoms with van der Waals surface area (Å²) < 4.78 is 0. The molecule has 1 aromatic carbocycles. The third kappa shape index (κ3) is 1.58. The Morgan fingerprint density at radius 2 is 1.86 bits per heavy atom. The lowest BCUT2D eigenvalue weighted by Gasteiger charge is -2.26. The molecule has 2 rings (SSSR count). The Morgan fingerprint density at radius 3 is 2.50 bits per heavy atom. The molecule has 0 atom stereocenters. The molecule has 14 heavy (non-hydrogen) atoms. The molecule has 0 aliphatic carbocycles. The van der Waals surface area contributed by atoms with Crippen LogP contribution in [-0.4, -0.2) is 18.5 Å². The predicted octanol–water partition coefficient (Wildman–Crippen LogP) is 2.92. The summed E-state index contributed by atoms with van der Waals surface area (Å²) in [5.41, 5.74) is 3.98. The first-order valence-corrected chi connectivity index (χ1v) is 4.93. The van der Waals surface area contributed by atoms with Crippen molar-refractivity contribution < 1.29 is 0 Å². The van der Waals surface area contributed by atoms with Gasteiger partial charge in [-0.2, -0.15) is 0 Å². The maximum absolute atomic E-state index is 2.28. The molecule has 0 N–H and O–H groups in total. The van der Waals surface area contributed by atoms with Crippen LogP contribution in [0.25, 0.3) is 5.70 Å². The van der Waals surface area contributed by atoms with E-state index in [9.17, 15) is 0 Å². The largest absolute Gasteiger partial charge is 0.370 e. The number of nitrogens with zero attached hydrogens (tertiary/aromatic N) is 1. The van der Waals surface area contributed by atoms with Crippen molar-refractivity contribution in [1.82, 2.24) is 4.90 Å². The number of hydrogen-bond donors (Lipinski definition) is 0. The van der Waals surface area contributed by atoms with E-state index in [4.69, 9.17) is 0 Å². The summed E-state index contributed by atoms with van der Waals surface area (Å²) in [6.45, 7) is 3.16. The fourth-order valence-corrected chi connectivity index (χ4v) is 1.90. The van der Waals surface area contributed by atoms with Gasteiger partial charge in [0.15, 0.2) is 0 Å². The van der Waals surface area contributed by atoms with E-state index in [2.05, 4.69) is 61.4 Å². The molecular formula is C13H15N. The van der Waals surface area contributed by atoms with Crippen LogP contribution in [0.4, 0.5) is 0 Å². The quantitative estimate of drug-likeness (QED) is 0.650. The highest BCUT2D eigenvalue weighted by molar-refractivity contribution is 5.70. The highest BCUT2D eigenvalue weighted by atomic mass is 15.1. The van der Waals surface area contributed by atoms with Gasteiger partial charge in [-0.15, -0.1) is 0 Å². The molecule has 1 aromatic rings.